The van der Waals surface area contributed by atoms with Gasteiger partial charge in [0.05, 0.1) is 12.6 Å². The van der Waals surface area contributed by atoms with Crippen LogP contribution in [0.2, 0.25) is 0 Å². The first-order valence-electron chi connectivity index (χ1n) is 10.1. The highest BCUT2D eigenvalue weighted by Crippen LogP contribution is 2.17. The van der Waals surface area contributed by atoms with Gasteiger partial charge in [0.1, 0.15) is 12.1 Å². The molecule has 1 aromatic carbocycles. The van der Waals surface area contributed by atoms with Crippen molar-refractivity contribution >= 4 is 23.7 Å². The third-order valence-corrected chi connectivity index (χ3v) is 5.21. The second-order valence-corrected chi connectivity index (χ2v) is 7.82. The number of carboxylic acid groups (broad SMARTS) is 1. The molecule has 9 nitrogen and oxygen atoms in total. The smallest absolute Gasteiger partial charge is 0.326 e. The van der Waals surface area contributed by atoms with Gasteiger partial charge in [-0.1, -0.05) is 44.2 Å². The van der Waals surface area contributed by atoms with E-state index in [-0.39, 0.29) is 18.9 Å². The van der Waals surface area contributed by atoms with E-state index in [2.05, 4.69) is 10.6 Å². The van der Waals surface area contributed by atoms with Crippen LogP contribution in [0.5, 0.6) is 0 Å². The zero-order chi connectivity index (χ0) is 22.3. The summed E-state index contributed by atoms with van der Waals surface area (Å²) in [4.78, 5) is 50.1. The predicted molar refractivity (Wildman–Crippen MR) is 110 cm³/mol. The number of hydrogen-bond donors (Lipinski definition) is 4. The van der Waals surface area contributed by atoms with Crippen LogP contribution in [0.15, 0.2) is 30.3 Å². The molecule has 9 heteroatoms. The molecule has 3 unspecified atom stereocenters. The first-order chi connectivity index (χ1) is 14.2. The van der Waals surface area contributed by atoms with Crippen molar-refractivity contribution in [2.75, 3.05) is 13.1 Å². The Morgan fingerprint density at radius 3 is 2.43 bits per heavy atom. The maximum absolute atomic E-state index is 12.8. The van der Waals surface area contributed by atoms with Crippen molar-refractivity contribution in [3.63, 3.8) is 0 Å². The van der Waals surface area contributed by atoms with Crippen molar-refractivity contribution in [1.82, 2.24) is 15.5 Å². The molecule has 0 saturated carbocycles. The van der Waals surface area contributed by atoms with Gasteiger partial charge in [-0.15, -0.1) is 0 Å². The van der Waals surface area contributed by atoms with Gasteiger partial charge in [0.15, 0.2) is 0 Å². The summed E-state index contributed by atoms with van der Waals surface area (Å²) in [6, 6.07) is 6.63. The minimum absolute atomic E-state index is 0.102. The molecule has 0 aromatic heterocycles. The molecular weight excluding hydrogens is 388 g/mol. The van der Waals surface area contributed by atoms with E-state index in [9.17, 15) is 24.3 Å². The van der Waals surface area contributed by atoms with Crippen molar-refractivity contribution in [3.8, 4) is 0 Å². The predicted octanol–water partition coefficient (Wildman–Crippen LogP) is -0.111. The van der Waals surface area contributed by atoms with Gasteiger partial charge in [0.25, 0.3) is 0 Å². The molecule has 1 heterocycles. The fourth-order valence-electron chi connectivity index (χ4n) is 3.34. The Hall–Kier alpha value is -2.94. The van der Waals surface area contributed by atoms with Crippen LogP contribution in [-0.2, 0) is 25.6 Å². The van der Waals surface area contributed by atoms with Gasteiger partial charge in [-0.05, 0) is 24.3 Å². The quantitative estimate of drug-likeness (QED) is 0.441. The van der Waals surface area contributed by atoms with Gasteiger partial charge in [-0.2, -0.15) is 0 Å². The van der Waals surface area contributed by atoms with Gasteiger partial charge < -0.3 is 26.4 Å². The van der Waals surface area contributed by atoms with Gasteiger partial charge in [-0.3, -0.25) is 14.4 Å². The normalized spacial score (nSPS) is 18.0. The standard InChI is InChI=1S/C21H30N4O5/c1-13(2)18(22)20(28)24-15(11-14-7-4-3-5-8-14)19(27)23-12-17(26)25-10-6-9-16(25)21(29)30/h3-5,7-8,13,15-16,18H,6,9-12,22H2,1-2H3,(H,23,27)(H,24,28)(H,29,30). The Morgan fingerprint density at radius 2 is 1.83 bits per heavy atom. The second kappa shape index (κ2) is 10.7. The summed E-state index contributed by atoms with van der Waals surface area (Å²) in [5, 5.41) is 14.4. The van der Waals surface area contributed by atoms with Crippen molar-refractivity contribution in [2.45, 2.75) is 51.2 Å². The van der Waals surface area contributed by atoms with Crippen LogP contribution in [0, 0.1) is 5.92 Å². The van der Waals surface area contributed by atoms with Crippen LogP contribution in [0.1, 0.15) is 32.3 Å². The second-order valence-electron chi connectivity index (χ2n) is 7.82. The highest BCUT2D eigenvalue weighted by Gasteiger charge is 2.34. The van der Waals surface area contributed by atoms with Crippen LogP contribution in [-0.4, -0.2) is 64.9 Å². The highest BCUT2D eigenvalue weighted by molar-refractivity contribution is 5.93. The number of hydrogen-bond acceptors (Lipinski definition) is 5. The summed E-state index contributed by atoms with van der Waals surface area (Å²) in [6.45, 7) is 3.63. The van der Waals surface area contributed by atoms with E-state index >= 15 is 0 Å². The van der Waals surface area contributed by atoms with Crippen molar-refractivity contribution in [1.29, 1.82) is 0 Å². The average molecular weight is 418 g/mol. The molecule has 30 heavy (non-hydrogen) atoms. The van der Waals surface area contributed by atoms with Crippen molar-refractivity contribution in [3.05, 3.63) is 35.9 Å². The molecule has 1 aliphatic rings. The highest BCUT2D eigenvalue weighted by atomic mass is 16.4. The number of likely N-dealkylation sites (tertiary alicyclic amines) is 1. The summed E-state index contributed by atoms with van der Waals surface area (Å²) in [5.74, 6) is -2.59. The van der Waals surface area contributed by atoms with Crippen LogP contribution in [0.4, 0.5) is 0 Å². The molecule has 164 valence electrons. The minimum atomic E-state index is -1.05. The Kier molecular flexibility index (Phi) is 8.35. The maximum atomic E-state index is 12.8. The number of nitrogens with two attached hydrogens (primary N) is 1. The molecule has 0 aliphatic carbocycles. The Balaban J connectivity index is 2.03. The first kappa shape index (κ1) is 23.3. The number of carbonyl (C=O) groups is 4. The summed E-state index contributed by atoms with van der Waals surface area (Å²) in [5.41, 5.74) is 6.73. The molecule has 1 aromatic rings. The van der Waals surface area contributed by atoms with Crippen LogP contribution in [0.25, 0.3) is 0 Å². The molecule has 2 rings (SSSR count). The van der Waals surface area contributed by atoms with Crippen molar-refractivity contribution < 1.29 is 24.3 Å². The number of nitrogens with one attached hydrogen (secondary N) is 2. The summed E-state index contributed by atoms with van der Waals surface area (Å²) in [7, 11) is 0. The molecule has 0 bridgehead atoms. The molecule has 0 spiro atoms. The lowest BCUT2D eigenvalue weighted by atomic mass is 10.0. The fourth-order valence-corrected chi connectivity index (χ4v) is 3.34. The van der Waals surface area contributed by atoms with Crippen LogP contribution < -0.4 is 16.4 Å². The lowest BCUT2D eigenvalue weighted by molar-refractivity contribution is -0.148. The minimum Gasteiger partial charge on any atom is -0.480 e. The third kappa shape index (κ3) is 6.28. The molecule has 0 radical (unpaired) electrons. The summed E-state index contributed by atoms with van der Waals surface area (Å²) < 4.78 is 0. The average Bonchev–Trinajstić information content (AvgIpc) is 3.21. The van der Waals surface area contributed by atoms with E-state index in [4.69, 9.17) is 5.73 Å². The Labute approximate surface area is 176 Å². The number of nitrogens with zero attached hydrogens (tertiary/aromatic N) is 1. The van der Waals surface area contributed by atoms with E-state index in [1.54, 1.807) is 0 Å². The molecule has 3 amide bonds. The van der Waals surface area contributed by atoms with E-state index in [1.165, 1.54) is 4.90 Å². The molecule has 1 aliphatic heterocycles. The SMILES string of the molecule is CC(C)C(N)C(=O)NC(Cc1ccccc1)C(=O)NCC(=O)N1CCCC1C(=O)O. The van der Waals surface area contributed by atoms with E-state index < -0.39 is 41.8 Å². The van der Waals surface area contributed by atoms with E-state index in [0.717, 1.165) is 5.56 Å². The van der Waals surface area contributed by atoms with Crippen LogP contribution in [0.3, 0.4) is 0 Å². The monoisotopic (exact) mass is 418 g/mol. The Bertz CT molecular complexity index is 768. The summed E-state index contributed by atoms with van der Waals surface area (Å²) >= 11 is 0. The number of carboxylic acids is 1. The number of rotatable bonds is 9. The van der Waals surface area contributed by atoms with E-state index in [1.807, 2.05) is 44.2 Å². The molecule has 1 saturated heterocycles. The summed E-state index contributed by atoms with van der Waals surface area (Å²) in [6.07, 6.45) is 1.24. The fraction of sp³-hybridized carbons (Fsp3) is 0.524. The number of amides is 3. The number of benzene rings is 1. The lowest BCUT2D eigenvalue weighted by Gasteiger charge is -2.24. The van der Waals surface area contributed by atoms with Crippen molar-refractivity contribution in [2.24, 2.45) is 11.7 Å². The Morgan fingerprint density at radius 1 is 1.17 bits per heavy atom. The molecule has 5 N–H and O–H groups in total. The molecule has 1 fully saturated rings. The third-order valence-electron chi connectivity index (χ3n) is 5.21. The number of aliphatic carboxylic acids is 1. The molecular formula is C21H30N4O5. The van der Waals surface area contributed by atoms with E-state index in [0.29, 0.717) is 19.4 Å². The lowest BCUT2D eigenvalue weighted by Crippen LogP contribution is -2.55. The number of carbonyl (C=O) groups excluding carboxylic acids is 3. The van der Waals surface area contributed by atoms with Gasteiger partial charge in [0.2, 0.25) is 17.7 Å². The largest absolute Gasteiger partial charge is 0.480 e. The zero-order valence-corrected chi connectivity index (χ0v) is 17.3. The molecule has 3 atom stereocenters. The van der Waals surface area contributed by atoms with Gasteiger partial charge in [-0.25, -0.2) is 4.79 Å². The van der Waals surface area contributed by atoms with Crippen LogP contribution >= 0.6 is 0 Å². The zero-order valence-electron chi connectivity index (χ0n) is 17.3. The maximum Gasteiger partial charge on any atom is 0.326 e. The first-order valence-corrected chi connectivity index (χ1v) is 10.1. The topological polar surface area (TPSA) is 142 Å². The van der Waals surface area contributed by atoms with Gasteiger partial charge >= 0.3 is 5.97 Å². The van der Waals surface area contributed by atoms with Gasteiger partial charge in [0, 0.05) is 13.0 Å².